The summed E-state index contributed by atoms with van der Waals surface area (Å²) in [6, 6.07) is 1.96. The van der Waals surface area contributed by atoms with Crippen LogP contribution in [0.1, 0.15) is 46.0 Å². The van der Waals surface area contributed by atoms with E-state index in [1.165, 1.54) is 0 Å². The Kier molecular flexibility index (Phi) is 4.14. The van der Waals surface area contributed by atoms with Gasteiger partial charge in [-0.2, -0.15) is 5.26 Å². The van der Waals surface area contributed by atoms with E-state index in [0.29, 0.717) is 5.92 Å². The molecule has 0 spiro atoms. The predicted molar refractivity (Wildman–Crippen MR) is 59.0 cm³/mol. The van der Waals surface area contributed by atoms with Gasteiger partial charge in [-0.3, -0.25) is 4.79 Å². The first-order valence-electron chi connectivity index (χ1n) is 5.76. The zero-order chi connectivity index (χ0) is 11.3. The van der Waals surface area contributed by atoms with Gasteiger partial charge in [-0.15, -0.1) is 0 Å². The molecule has 1 fully saturated rings. The van der Waals surface area contributed by atoms with Gasteiger partial charge in [0.25, 0.3) is 0 Å². The van der Waals surface area contributed by atoms with Gasteiger partial charge in [0.1, 0.15) is 6.54 Å². The number of rotatable bonds is 4. The second-order valence-electron chi connectivity index (χ2n) is 4.93. The van der Waals surface area contributed by atoms with E-state index in [4.69, 9.17) is 5.26 Å². The highest BCUT2D eigenvalue weighted by Gasteiger charge is 2.40. The molecular weight excluding hydrogens is 188 g/mol. The lowest BCUT2D eigenvalue weighted by Gasteiger charge is -2.29. The van der Waals surface area contributed by atoms with Crippen molar-refractivity contribution in [1.29, 1.82) is 5.26 Å². The monoisotopic (exact) mass is 208 g/mol. The van der Waals surface area contributed by atoms with Crippen LogP contribution in [0.4, 0.5) is 0 Å². The second kappa shape index (κ2) is 5.16. The van der Waals surface area contributed by atoms with Crippen LogP contribution in [0, 0.1) is 22.7 Å². The fourth-order valence-electron chi connectivity index (χ4n) is 2.66. The second-order valence-corrected chi connectivity index (χ2v) is 4.93. The number of nitrogens with one attached hydrogen (secondary N) is 1. The molecular formula is C12H20N2O. The van der Waals surface area contributed by atoms with Gasteiger partial charge in [0.05, 0.1) is 6.07 Å². The zero-order valence-corrected chi connectivity index (χ0v) is 9.68. The Bertz CT molecular complexity index is 259. The summed E-state index contributed by atoms with van der Waals surface area (Å²) in [5, 5.41) is 11.2. The van der Waals surface area contributed by atoms with Crippen LogP contribution in [0.3, 0.4) is 0 Å². The molecule has 0 atom stereocenters. The molecule has 0 bridgehead atoms. The highest BCUT2D eigenvalue weighted by atomic mass is 16.2. The van der Waals surface area contributed by atoms with E-state index in [2.05, 4.69) is 19.2 Å². The first-order chi connectivity index (χ1) is 7.10. The van der Waals surface area contributed by atoms with Crippen LogP contribution in [0.2, 0.25) is 0 Å². The van der Waals surface area contributed by atoms with Gasteiger partial charge < -0.3 is 5.32 Å². The normalized spacial score (nSPS) is 18.8. The standard InChI is InChI=1S/C12H20N2O/c1-10(2)9-12(5-3-4-6-12)11(15)14-8-7-13/h10H,3-6,8-9H2,1-2H3,(H,14,15). The average molecular weight is 208 g/mol. The number of carbonyl (C=O) groups is 1. The molecule has 0 aromatic heterocycles. The Morgan fingerprint density at radius 3 is 2.53 bits per heavy atom. The van der Waals surface area contributed by atoms with Gasteiger partial charge in [-0.05, 0) is 25.2 Å². The fourth-order valence-corrected chi connectivity index (χ4v) is 2.66. The van der Waals surface area contributed by atoms with Crippen LogP contribution in [0.15, 0.2) is 0 Å². The minimum atomic E-state index is -0.176. The number of nitriles is 1. The van der Waals surface area contributed by atoms with Crippen LogP contribution in [-0.2, 0) is 4.79 Å². The molecule has 0 unspecified atom stereocenters. The summed E-state index contributed by atoms with van der Waals surface area (Å²) in [4.78, 5) is 12.0. The summed E-state index contributed by atoms with van der Waals surface area (Å²) < 4.78 is 0. The maximum absolute atomic E-state index is 12.0. The number of carbonyl (C=O) groups excluding carboxylic acids is 1. The molecule has 1 amide bonds. The van der Waals surface area contributed by atoms with Crippen molar-refractivity contribution in [2.45, 2.75) is 46.0 Å². The SMILES string of the molecule is CC(C)CC1(C(=O)NCC#N)CCCC1. The molecule has 0 heterocycles. The number of amides is 1. The van der Waals surface area contributed by atoms with Crippen molar-refractivity contribution in [3.05, 3.63) is 0 Å². The van der Waals surface area contributed by atoms with E-state index >= 15 is 0 Å². The van der Waals surface area contributed by atoms with Gasteiger partial charge in [-0.25, -0.2) is 0 Å². The molecule has 0 aliphatic heterocycles. The Morgan fingerprint density at radius 1 is 1.47 bits per heavy atom. The molecule has 15 heavy (non-hydrogen) atoms. The summed E-state index contributed by atoms with van der Waals surface area (Å²) in [5.41, 5.74) is -0.176. The largest absolute Gasteiger partial charge is 0.343 e. The third kappa shape index (κ3) is 2.95. The van der Waals surface area contributed by atoms with E-state index in [0.717, 1.165) is 32.1 Å². The van der Waals surface area contributed by atoms with E-state index in [9.17, 15) is 4.79 Å². The maximum atomic E-state index is 12.0. The lowest BCUT2D eigenvalue weighted by molar-refractivity contribution is -0.131. The summed E-state index contributed by atoms with van der Waals surface area (Å²) in [6.07, 6.45) is 5.22. The Balaban J connectivity index is 2.64. The topological polar surface area (TPSA) is 52.9 Å². The van der Waals surface area contributed by atoms with Crippen molar-refractivity contribution < 1.29 is 4.79 Å². The molecule has 1 aliphatic carbocycles. The highest BCUT2D eigenvalue weighted by molar-refractivity contribution is 5.83. The summed E-state index contributed by atoms with van der Waals surface area (Å²) in [7, 11) is 0. The highest BCUT2D eigenvalue weighted by Crippen LogP contribution is 2.43. The van der Waals surface area contributed by atoms with Crippen LogP contribution in [0.25, 0.3) is 0 Å². The number of hydrogen-bond donors (Lipinski definition) is 1. The molecule has 3 heteroatoms. The van der Waals surface area contributed by atoms with Crippen molar-refractivity contribution in [3.8, 4) is 6.07 Å². The Morgan fingerprint density at radius 2 is 2.07 bits per heavy atom. The van der Waals surface area contributed by atoms with E-state index < -0.39 is 0 Å². The predicted octanol–water partition coefficient (Wildman–Crippen LogP) is 2.23. The minimum Gasteiger partial charge on any atom is -0.343 e. The fraction of sp³-hybridized carbons (Fsp3) is 0.833. The lowest BCUT2D eigenvalue weighted by atomic mass is 9.78. The number of nitrogens with zero attached hydrogens (tertiary/aromatic N) is 1. The molecule has 0 saturated heterocycles. The maximum Gasteiger partial charge on any atom is 0.227 e. The van der Waals surface area contributed by atoms with Crippen molar-refractivity contribution >= 4 is 5.91 Å². The molecule has 0 aromatic carbocycles. The molecule has 0 radical (unpaired) electrons. The van der Waals surface area contributed by atoms with E-state index in [1.807, 2.05) is 6.07 Å². The first-order valence-corrected chi connectivity index (χ1v) is 5.76. The van der Waals surface area contributed by atoms with Crippen molar-refractivity contribution in [2.24, 2.45) is 11.3 Å². The quantitative estimate of drug-likeness (QED) is 0.720. The summed E-state index contributed by atoms with van der Waals surface area (Å²) in [6.45, 7) is 4.44. The third-order valence-corrected chi connectivity index (χ3v) is 3.17. The average Bonchev–Trinajstić information content (AvgIpc) is 2.62. The molecule has 0 aromatic rings. The van der Waals surface area contributed by atoms with Gasteiger partial charge >= 0.3 is 0 Å². The van der Waals surface area contributed by atoms with Gasteiger partial charge in [0.2, 0.25) is 5.91 Å². The summed E-state index contributed by atoms with van der Waals surface area (Å²) in [5.74, 6) is 0.631. The first kappa shape index (κ1) is 12.0. The van der Waals surface area contributed by atoms with E-state index in [1.54, 1.807) is 0 Å². The molecule has 1 rings (SSSR count). The number of hydrogen-bond acceptors (Lipinski definition) is 2. The minimum absolute atomic E-state index is 0.0928. The zero-order valence-electron chi connectivity index (χ0n) is 9.68. The molecule has 1 aliphatic rings. The summed E-state index contributed by atoms with van der Waals surface area (Å²) >= 11 is 0. The Hall–Kier alpha value is -1.04. The van der Waals surface area contributed by atoms with Crippen molar-refractivity contribution in [2.75, 3.05) is 6.54 Å². The molecule has 1 N–H and O–H groups in total. The lowest BCUT2D eigenvalue weighted by Crippen LogP contribution is -2.40. The van der Waals surface area contributed by atoms with Crippen LogP contribution >= 0.6 is 0 Å². The molecule has 84 valence electrons. The smallest absolute Gasteiger partial charge is 0.227 e. The third-order valence-electron chi connectivity index (χ3n) is 3.17. The van der Waals surface area contributed by atoms with Gasteiger partial charge in [0, 0.05) is 5.41 Å². The Labute approximate surface area is 91.9 Å². The van der Waals surface area contributed by atoms with Crippen molar-refractivity contribution in [1.82, 2.24) is 5.32 Å². The van der Waals surface area contributed by atoms with Crippen LogP contribution < -0.4 is 5.32 Å². The van der Waals surface area contributed by atoms with Crippen LogP contribution in [0.5, 0.6) is 0 Å². The van der Waals surface area contributed by atoms with E-state index in [-0.39, 0.29) is 17.9 Å². The van der Waals surface area contributed by atoms with Crippen molar-refractivity contribution in [3.63, 3.8) is 0 Å². The molecule has 1 saturated carbocycles. The van der Waals surface area contributed by atoms with Gasteiger partial charge in [0.15, 0.2) is 0 Å². The van der Waals surface area contributed by atoms with Crippen LogP contribution in [-0.4, -0.2) is 12.5 Å². The van der Waals surface area contributed by atoms with Gasteiger partial charge in [-0.1, -0.05) is 26.7 Å². The molecule has 3 nitrogen and oxygen atoms in total.